The molecule has 1 atom stereocenters. The van der Waals surface area contributed by atoms with E-state index in [9.17, 15) is 9.59 Å². The molecule has 0 saturated carbocycles. The number of hydrogen-bond donors (Lipinski definition) is 2. The predicted octanol–water partition coefficient (Wildman–Crippen LogP) is 0.146. The summed E-state index contributed by atoms with van der Waals surface area (Å²) in [6, 6.07) is 8.52. The average Bonchev–Trinajstić information content (AvgIpc) is 2.37. The molecule has 0 bridgehead atoms. The standard InChI is InChI=1S/C12H14O6/c13-7-17-11(15)6-10(12(16)18-8-14)9-4-2-1-3-5-9/h1-5,10,13-14H,6-8H2. The number of aliphatic hydroxyl groups is 2. The lowest BCUT2D eigenvalue weighted by atomic mass is 9.96. The molecule has 0 aliphatic heterocycles. The molecule has 18 heavy (non-hydrogen) atoms. The summed E-state index contributed by atoms with van der Waals surface area (Å²) in [5, 5.41) is 17.0. The van der Waals surface area contributed by atoms with E-state index in [-0.39, 0.29) is 6.42 Å². The normalized spacial score (nSPS) is 11.7. The van der Waals surface area contributed by atoms with Crippen molar-refractivity contribution in [2.24, 2.45) is 0 Å². The molecule has 0 saturated heterocycles. The van der Waals surface area contributed by atoms with Gasteiger partial charge in [0.2, 0.25) is 0 Å². The fourth-order valence-corrected chi connectivity index (χ4v) is 1.48. The van der Waals surface area contributed by atoms with Gasteiger partial charge in [0.05, 0.1) is 12.3 Å². The number of aliphatic hydroxyl groups excluding tert-OH is 2. The summed E-state index contributed by atoms with van der Waals surface area (Å²) >= 11 is 0. The first kappa shape index (κ1) is 14.1. The molecule has 0 aliphatic rings. The highest BCUT2D eigenvalue weighted by molar-refractivity contribution is 5.84. The molecule has 2 N–H and O–H groups in total. The van der Waals surface area contributed by atoms with Crippen LogP contribution in [0.15, 0.2) is 30.3 Å². The Labute approximate surface area is 104 Å². The van der Waals surface area contributed by atoms with Gasteiger partial charge >= 0.3 is 11.9 Å². The monoisotopic (exact) mass is 254 g/mol. The molecule has 0 fully saturated rings. The highest BCUT2D eigenvalue weighted by Gasteiger charge is 2.25. The van der Waals surface area contributed by atoms with Crippen LogP contribution in [0.25, 0.3) is 0 Å². The minimum Gasteiger partial charge on any atom is -0.439 e. The van der Waals surface area contributed by atoms with Crippen LogP contribution in [-0.4, -0.2) is 35.7 Å². The first-order valence-electron chi connectivity index (χ1n) is 5.28. The fraction of sp³-hybridized carbons (Fsp3) is 0.333. The topological polar surface area (TPSA) is 93.1 Å². The molecule has 1 aromatic carbocycles. The van der Waals surface area contributed by atoms with Crippen molar-refractivity contribution in [1.82, 2.24) is 0 Å². The molecule has 98 valence electrons. The maximum absolute atomic E-state index is 11.6. The van der Waals surface area contributed by atoms with Gasteiger partial charge in [0.25, 0.3) is 0 Å². The van der Waals surface area contributed by atoms with Crippen LogP contribution < -0.4 is 0 Å². The van der Waals surface area contributed by atoms with E-state index in [1.165, 1.54) is 0 Å². The molecule has 6 nitrogen and oxygen atoms in total. The van der Waals surface area contributed by atoms with Gasteiger partial charge in [0, 0.05) is 0 Å². The van der Waals surface area contributed by atoms with Gasteiger partial charge in [0.1, 0.15) is 0 Å². The zero-order valence-corrected chi connectivity index (χ0v) is 9.61. The van der Waals surface area contributed by atoms with Crippen molar-refractivity contribution in [3.63, 3.8) is 0 Å². The number of rotatable bonds is 6. The number of benzene rings is 1. The molecule has 0 radical (unpaired) electrons. The highest BCUT2D eigenvalue weighted by atomic mass is 16.6. The molecule has 0 aliphatic carbocycles. The molecule has 1 aromatic rings. The van der Waals surface area contributed by atoms with E-state index >= 15 is 0 Å². The van der Waals surface area contributed by atoms with Crippen molar-refractivity contribution in [2.45, 2.75) is 12.3 Å². The zero-order valence-electron chi connectivity index (χ0n) is 9.61. The maximum atomic E-state index is 11.6. The van der Waals surface area contributed by atoms with Gasteiger partial charge in [-0.1, -0.05) is 30.3 Å². The number of esters is 2. The van der Waals surface area contributed by atoms with Gasteiger partial charge < -0.3 is 19.7 Å². The highest BCUT2D eigenvalue weighted by Crippen LogP contribution is 2.21. The second-order valence-electron chi connectivity index (χ2n) is 3.41. The largest absolute Gasteiger partial charge is 0.439 e. The molecule has 0 amide bonds. The van der Waals surface area contributed by atoms with Crippen molar-refractivity contribution in [1.29, 1.82) is 0 Å². The summed E-state index contributed by atoms with van der Waals surface area (Å²) in [4.78, 5) is 22.9. The van der Waals surface area contributed by atoms with Crippen LogP contribution in [0.1, 0.15) is 17.9 Å². The SMILES string of the molecule is O=C(CC(C(=O)OCO)c1ccccc1)OCO. The van der Waals surface area contributed by atoms with Crippen LogP contribution in [0.3, 0.4) is 0 Å². The van der Waals surface area contributed by atoms with Gasteiger partial charge in [-0.25, -0.2) is 0 Å². The molecule has 1 unspecified atom stereocenters. The summed E-state index contributed by atoms with van der Waals surface area (Å²) in [5.74, 6) is -2.31. The predicted molar refractivity (Wildman–Crippen MR) is 60.2 cm³/mol. The van der Waals surface area contributed by atoms with Crippen molar-refractivity contribution >= 4 is 11.9 Å². The second-order valence-corrected chi connectivity index (χ2v) is 3.41. The number of carbonyl (C=O) groups is 2. The minimum atomic E-state index is -0.864. The zero-order chi connectivity index (χ0) is 13.4. The molecule has 1 rings (SSSR count). The Morgan fingerprint density at radius 1 is 1.06 bits per heavy atom. The van der Waals surface area contributed by atoms with E-state index in [0.29, 0.717) is 5.56 Å². The van der Waals surface area contributed by atoms with Crippen molar-refractivity contribution < 1.29 is 29.3 Å². The van der Waals surface area contributed by atoms with E-state index in [1.807, 2.05) is 0 Å². The Bertz CT molecular complexity index is 389. The lowest BCUT2D eigenvalue weighted by Gasteiger charge is -2.14. The number of hydrogen-bond acceptors (Lipinski definition) is 6. The van der Waals surface area contributed by atoms with Crippen LogP contribution in [0.2, 0.25) is 0 Å². The number of ether oxygens (including phenoxy) is 2. The summed E-state index contributed by atoms with van der Waals surface area (Å²) in [6.45, 7) is -1.49. The van der Waals surface area contributed by atoms with Crippen molar-refractivity contribution in [3.05, 3.63) is 35.9 Å². The first-order chi connectivity index (χ1) is 8.69. The van der Waals surface area contributed by atoms with Crippen molar-refractivity contribution in [3.8, 4) is 0 Å². The van der Waals surface area contributed by atoms with E-state index in [2.05, 4.69) is 9.47 Å². The Kier molecular flexibility index (Phi) is 5.83. The lowest BCUT2D eigenvalue weighted by molar-refractivity contribution is -0.160. The minimum absolute atomic E-state index is 0.261. The smallest absolute Gasteiger partial charge is 0.316 e. The van der Waals surface area contributed by atoms with Gasteiger partial charge in [-0.15, -0.1) is 0 Å². The lowest BCUT2D eigenvalue weighted by Crippen LogP contribution is -2.21. The molecular weight excluding hydrogens is 240 g/mol. The second kappa shape index (κ2) is 7.41. The van der Waals surface area contributed by atoms with Crippen LogP contribution >= 0.6 is 0 Å². The third kappa shape index (κ3) is 4.15. The van der Waals surface area contributed by atoms with Crippen LogP contribution in [0.5, 0.6) is 0 Å². The summed E-state index contributed by atoms with van der Waals surface area (Å²) in [7, 11) is 0. The maximum Gasteiger partial charge on any atom is 0.316 e. The van der Waals surface area contributed by atoms with Gasteiger partial charge in [-0.05, 0) is 5.56 Å². The summed E-state index contributed by atoms with van der Waals surface area (Å²) < 4.78 is 8.85. The molecule has 0 heterocycles. The Morgan fingerprint density at radius 3 is 2.22 bits per heavy atom. The van der Waals surface area contributed by atoms with E-state index in [0.717, 1.165) is 0 Å². The fourth-order valence-electron chi connectivity index (χ4n) is 1.48. The third-order valence-corrected chi connectivity index (χ3v) is 2.29. The van der Waals surface area contributed by atoms with Crippen LogP contribution in [0, 0.1) is 0 Å². The average molecular weight is 254 g/mol. The summed E-state index contributed by atoms with van der Waals surface area (Å²) in [6.07, 6.45) is -0.261. The number of carbonyl (C=O) groups excluding carboxylic acids is 2. The van der Waals surface area contributed by atoms with Gasteiger partial charge in [0.15, 0.2) is 13.6 Å². The molecule has 0 spiro atoms. The van der Waals surface area contributed by atoms with E-state index in [4.69, 9.17) is 10.2 Å². The molecular formula is C12H14O6. The van der Waals surface area contributed by atoms with Gasteiger partial charge in [-0.3, -0.25) is 9.59 Å². The third-order valence-electron chi connectivity index (χ3n) is 2.29. The van der Waals surface area contributed by atoms with Crippen LogP contribution in [0.4, 0.5) is 0 Å². The van der Waals surface area contributed by atoms with Gasteiger partial charge in [-0.2, -0.15) is 0 Å². The Hall–Kier alpha value is -1.92. The molecule has 0 aromatic heterocycles. The van der Waals surface area contributed by atoms with Crippen LogP contribution in [-0.2, 0) is 19.1 Å². The van der Waals surface area contributed by atoms with E-state index in [1.54, 1.807) is 30.3 Å². The Morgan fingerprint density at radius 2 is 1.67 bits per heavy atom. The first-order valence-corrected chi connectivity index (χ1v) is 5.28. The van der Waals surface area contributed by atoms with E-state index < -0.39 is 31.4 Å². The molecule has 6 heteroatoms. The Balaban J connectivity index is 2.82. The van der Waals surface area contributed by atoms with Crippen molar-refractivity contribution in [2.75, 3.05) is 13.6 Å². The summed E-state index contributed by atoms with van der Waals surface area (Å²) in [5.41, 5.74) is 0.575. The quantitative estimate of drug-likeness (QED) is 0.554.